The fourth-order valence-electron chi connectivity index (χ4n) is 3.33. The summed E-state index contributed by atoms with van der Waals surface area (Å²) in [6.07, 6.45) is 0.833. The lowest BCUT2D eigenvalue weighted by Crippen LogP contribution is -2.50. The maximum absolute atomic E-state index is 13.2. The predicted molar refractivity (Wildman–Crippen MR) is 125 cm³/mol. The summed E-state index contributed by atoms with van der Waals surface area (Å²) in [6.45, 7) is 12.2. The van der Waals surface area contributed by atoms with Gasteiger partial charge in [-0.2, -0.15) is 0 Å². The number of nitrogens with zero attached hydrogens (tertiary/aromatic N) is 1. The minimum absolute atomic E-state index is 0.0551. The number of rotatable bonds is 10. The fraction of sp³-hybridized carbons (Fsp3) is 0.462. The number of aryl methyl sites for hydroxylation is 1. The lowest BCUT2D eigenvalue weighted by molar-refractivity contribution is -0.142. The molecule has 0 heterocycles. The molecule has 0 saturated carbocycles. The number of hydrogen-bond donors (Lipinski definition) is 1. The maximum atomic E-state index is 13.2. The van der Waals surface area contributed by atoms with E-state index in [1.165, 1.54) is 0 Å². The van der Waals surface area contributed by atoms with E-state index in [2.05, 4.69) is 19.2 Å². The Hall–Kier alpha value is -2.82. The third kappa shape index (κ3) is 6.84. The van der Waals surface area contributed by atoms with Gasteiger partial charge in [0.25, 0.3) is 5.91 Å². The van der Waals surface area contributed by atoms with E-state index in [1.54, 1.807) is 11.8 Å². The van der Waals surface area contributed by atoms with E-state index in [-0.39, 0.29) is 30.4 Å². The smallest absolute Gasteiger partial charge is 0.261 e. The van der Waals surface area contributed by atoms with Crippen LogP contribution in [0.1, 0.15) is 63.6 Å². The van der Waals surface area contributed by atoms with Crippen LogP contribution in [0.2, 0.25) is 0 Å². The van der Waals surface area contributed by atoms with Crippen LogP contribution in [-0.4, -0.2) is 35.4 Å². The number of benzene rings is 2. The summed E-state index contributed by atoms with van der Waals surface area (Å²) in [5.41, 5.74) is 3.16. The van der Waals surface area contributed by atoms with Crippen molar-refractivity contribution < 1.29 is 14.3 Å². The number of ether oxygens (including phenoxy) is 1. The highest BCUT2D eigenvalue weighted by Gasteiger charge is 2.27. The van der Waals surface area contributed by atoms with Crippen LogP contribution in [0.4, 0.5) is 0 Å². The molecule has 0 unspecified atom stereocenters. The molecule has 2 amide bonds. The van der Waals surface area contributed by atoms with Gasteiger partial charge in [0, 0.05) is 12.6 Å². The Morgan fingerprint density at radius 2 is 1.65 bits per heavy atom. The molecule has 2 rings (SSSR count). The van der Waals surface area contributed by atoms with Crippen molar-refractivity contribution in [3.8, 4) is 5.75 Å². The molecule has 0 aliphatic carbocycles. The van der Waals surface area contributed by atoms with Gasteiger partial charge in [0.15, 0.2) is 6.61 Å². The Morgan fingerprint density at radius 3 is 2.29 bits per heavy atom. The first kappa shape index (κ1) is 24.4. The van der Waals surface area contributed by atoms with Crippen molar-refractivity contribution in [3.05, 3.63) is 65.2 Å². The molecule has 0 aliphatic rings. The van der Waals surface area contributed by atoms with Gasteiger partial charge < -0.3 is 15.0 Å². The Morgan fingerprint density at radius 1 is 1.00 bits per heavy atom. The molecule has 0 bridgehead atoms. The lowest BCUT2D eigenvalue weighted by atomic mass is 10.0. The molecule has 5 heteroatoms. The second kappa shape index (κ2) is 11.5. The highest BCUT2D eigenvalue weighted by molar-refractivity contribution is 5.88. The first-order valence-corrected chi connectivity index (χ1v) is 11.1. The third-order valence-electron chi connectivity index (χ3n) is 5.66. The Kier molecular flexibility index (Phi) is 9.10. The summed E-state index contributed by atoms with van der Waals surface area (Å²) in [5.74, 6) is 0.625. The third-order valence-corrected chi connectivity index (χ3v) is 5.66. The van der Waals surface area contributed by atoms with Gasteiger partial charge in [0.05, 0.1) is 0 Å². The number of amides is 2. The molecule has 0 aliphatic heterocycles. The molecule has 2 aromatic rings. The minimum Gasteiger partial charge on any atom is -0.483 e. The van der Waals surface area contributed by atoms with Gasteiger partial charge in [-0.05, 0) is 55.9 Å². The minimum atomic E-state index is -0.606. The predicted octanol–water partition coefficient (Wildman–Crippen LogP) is 4.83. The average molecular weight is 425 g/mol. The molecule has 0 radical (unpaired) electrons. The van der Waals surface area contributed by atoms with Crippen molar-refractivity contribution in [1.29, 1.82) is 0 Å². The van der Waals surface area contributed by atoms with E-state index < -0.39 is 6.04 Å². The van der Waals surface area contributed by atoms with E-state index >= 15 is 0 Å². The standard InChI is InChI=1S/C26H36N2O3/c1-7-20(5)27-26(30)21(6)28(16-22-13-9-8-12-19(22)4)25(29)17-31-24-15-11-10-14-23(24)18(2)3/h8-15,18,20-21H,7,16-17H2,1-6H3,(H,27,30)/t20-,21+/m0/s1. The SMILES string of the molecule is CC[C@H](C)NC(=O)[C@@H](C)N(Cc1ccccc1C)C(=O)COc1ccccc1C(C)C. The molecule has 1 N–H and O–H groups in total. The molecule has 5 nitrogen and oxygen atoms in total. The second-order valence-electron chi connectivity index (χ2n) is 8.42. The molecule has 31 heavy (non-hydrogen) atoms. The van der Waals surface area contributed by atoms with Crippen LogP contribution in [0, 0.1) is 6.92 Å². The maximum Gasteiger partial charge on any atom is 0.261 e. The lowest BCUT2D eigenvalue weighted by Gasteiger charge is -2.30. The number of para-hydroxylation sites is 1. The van der Waals surface area contributed by atoms with E-state index in [1.807, 2.05) is 69.3 Å². The van der Waals surface area contributed by atoms with E-state index in [9.17, 15) is 9.59 Å². The van der Waals surface area contributed by atoms with E-state index in [0.29, 0.717) is 12.3 Å². The molecule has 2 atom stereocenters. The molecule has 2 aromatic carbocycles. The van der Waals surface area contributed by atoms with Crippen LogP contribution in [-0.2, 0) is 16.1 Å². The molecular weight excluding hydrogens is 388 g/mol. The van der Waals surface area contributed by atoms with Crippen molar-refractivity contribution in [2.24, 2.45) is 0 Å². The van der Waals surface area contributed by atoms with E-state index in [0.717, 1.165) is 23.1 Å². The number of nitrogens with one attached hydrogen (secondary N) is 1. The van der Waals surface area contributed by atoms with Crippen LogP contribution >= 0.6 is 0 Å². The van der Waals surface area contributed by atoms with Crippen molar-refractivity contribution in [1.82, 2.24) is 10.2 Å². The van der Waals surface area contributed by atoms with Crippen LogP contribution in [0.15, 0.2) is 48.5 Å². The molecule has 0 aromatic heterocycles. The molecule has 0 saturated heterocycles. The highest BCUT2D eigenvalue weighted by atomic mass is 16.5. The van der Waals surface area contributed by atoms with E-state index in [4.69, 9.17) is 4.74 Å². The van der Waals surface area contributed by atoms with Crippen molar-refractivity contribution in [2.45, 2.75) is 72.5 Å². The summed E-state index contributed by atoms with van der Waals surface area (Å²) >= 11 is 0. The summed E-state index contributed by atoms with van der Waals surface area (Å²) in [4.78, 5) is 27.6. The van der Waals surface area contributed by atoms with Crippen LogP contribution < -0.4 is 10.1 Å². The van der Waals surface area contributed by atoms with Crippen LogP contribution in [0.25, 0.3) is 0 Å². The number of carbonyl (C=O) groups is 2. The molecule has 0 spiro atoms. The zero-order valence-electron chi connectivity index (χ0n) is 19.6. The zero-order valence-corrected chi connectivity index (χ0v) is 19.6. The first-order chi connectivity index (χ1) is 14.7. The van der Waals surface area contributed by atoms with Gasteiger partial charge in [-0.25, -0.2) is 0 Å². The summed E-state index contributed by atoms with van der Waals surface area (Å²) in [5, 5.41) is 2.99. The van der Waals surface area contributed by atoms with Gasteiger partial charge >= 0.3 is 0 Å². The largest absolute Gasteiger partial charge is 0.483 e. The Bertz CT molecular complexity index is 878. The summed E-state index contributed by atoms with van der Waals surface area (Å²) in [7, 11) is 0. The average Bonchev–Trinajstić information content (AvgIpc) is 2.76. The normalized spacial score (nSPS) is 12.9. The van der Waals surface area contributed by atoms with Crippen LogP contribution in [0.5, 0.6) is 5.75 Å². The Labute approximate surface area is 186 Å². The molecule has 168 valence electrons. The zero-order chi connectivity index (χ0) is 23.0. The van der Waals surface area contributed by atoms with Gasteiger partial charge in [-0.1, -0.05) is 63.2 Å². The summed E-state index contributed by atoms with van der Waals surface area (Å²) < 4.78 is 5.92. The number of carbonyl (C=O) groups excluding carboxylic acids is 2. The first-order valence-electron chi connectivity index (χ1n) is 11.1. The fourth-order valence-corrected chi connectivity index (χ4v) is 3.33. The topological polar surface area (TPSA) is 58.6 Å². The second-order valence-corrected chi connectivity index (χ2v) is 8.42. The van der Waals surface area contributed by atoms with Gasteiger partial charge in [0.2, 0.25) is 5.91 Å². The van der Waals surface area contributed by atoms with Crippen molar-refractivity contribution in [3.63, 3.8) is 0 Å². The summed E-state index contributed by atoms with van der Waals surface area (Å²) in [6, 6.07) is 15.1. The van der Waals surface area contributed by atoms with Crippen LogP contribution in [0.3, 0.4) is 0 Å². The Balaban J connectivity index is 2.21. The van der Waals surface area contributed by atoms with Crippen molar-refractivity contribution in [2.75, 3.05) is 6.61 Å². The quantitative estimate of drug-likeness (QED) is 0.594. The van der Waals surface area contributed by atoms with Gasteiger partial charge in [0.1, 0.15) is 11.8 Å². The number of hydrogen-bond acceptors (Lipinski definition) is 3. The molecule has 0 fully saturated rings. The van der Waals surface area contributed by atoms with Crippen molar-refractivity contribution >= 4 is 11.8 Å². The molecular formula is C26H36N2O3. The van der Waals surface area contributed by atoms with Gasteiger partial charge in [-0.15, -0.1) is 0 Å². The highest BCUT2D eigenvalue weighted by Crippen LogP contribution is 2.26. The monoisotopic (exact) mass is 424 g/mol. The van der Waals surface area contributed by atoms with Gasteiger partial charge in [-0.3, -0.25) is 9.59 Å².